The SMILES string of the molecule is COc1ncccc1Nc1cc2nc3c(n(-c4ccc(Cl)cc4)c-2cc1=NC1CCCCC1)=CCCC=3. The Morgan fingerprint density at radius 1 is 1.00 bits per heavy atom. The lowest BCUT2D eigenvalue weighted by Gasteiger charge is -2.22. The van der Waals surface area contributed by atoms with Crippen molar-refractivity contribution in [2.75, 3.05) is 12.4 Å². The molecule has 0 radical (unpaired) electrons. The Labute approximate surface area is 221 Å². The largest absolute Gasteiger partial charge is 0.480 e. The molecule has 0 atom stereocenters. The van der Waals surface area contributed by atoms with Gasteiger partial charge < -0.3 is 14.6 Å². The van der Waals surface area contributed by atoms with E-state index in [4.69, 9.17) is 26.3 Å². The summed E-state index contributed by atoms with van der Waals surface area (Å²) in [5.74, 6) is 0.545. The summed E-state index contributed by atoms with van der Waals surface area (Å²) in [6.07, 6.45) is 14.2. The van der Waals surface area contributed by atoms with E-state index in [0.717, 1.165) is 75.2 Å². The van der Waals surface area contributed by atoms with Crippen molar-refractivity contribution in [3.8, 4) is 23.0 Å². The molecule has 1 aromatic carbocycles. The highest BCUT2D eigenvalue weighted by atomic mass is 35.5. The van der Waals surface area contributed by atoms with Gasteiger partial charge in [-0.1, -0.05) is 43.0 Å². The van der Waals surface area contributed by atoms with Crippen molar-refractivity contribution in [2.24, 2.45) is 4.99 Å². The summed E-state index contributed by atoms with van der Waals surface area (Å²) in [4.78, 5) is 14.7. The predicted molar refractivity (Wildman–Crippen MR) is 149 cm³/mol. The lowest BCUT2D eigenvalue weighted by Crippen LogP contribution is -2.40. The molecular weight excluding hydrogens is 482 g/mol. The molecule has 3 aliphatic carbocycles. The highest BCUT2D eigenvalue weighted by Gasteiger charge is 2.18. The fraction of sp³-hybridized carbons (Fsp3) is 0.300. The summed E-state index contributed by atoms with van der Waals surface area (Å²) in [5, 5.41) is 7.31. The molecule has 1 fully saturated rings. The first-order valence-electron chi connectivity index (χ1n) is 13.0. The van der Waals surface area contributed by atoms with Gasteiger partial charge >= 0.3 is 0 Å². The number of pyridine rings is 1. The molecule has 0 spiro atoms. The fourth-order valence-corrected chi connectivity index (χ4v) is 5.45. The topological polar surface area (TPSA) is 64.3 Å². The zero-order chi connectivity index (χ0) is 25.2. The van der Waals surface area contributed by atoms with E-state index < -0.39 is 0 Å². The number of anilines is 2. The second-order valence-corrected chi connectivity index (χ2v) is 10.1. The van der Waals surface area contributed by atoms with Crippen LogP contribution in [0.5, 0.6) is 5.88 Å². The van der Waals surface area contributed by atoms with Crippen molar-refractivity contribution in [2.45, 2.75) is 51.0 Å². The van der Waals surface area contributed by atoms with E-state index >= 15 is 0 Å². The van der Waals surface area contributed by atoms with Gasteiger partial charge in [-0.25, -0.2) is 9.97 Å². The molecule has 188 valence electrons. The van der Waals surface area contributed by atoms with Crippen LogP contribution in [0.3, 0.4) is 0 Å². The van der Waals surface area contributed by atoms with Crippen molar-refractivity contribution in [1.29, 1.82) is 0 Å². The molecular formula is C30H30ClN5O. The second kappa shape index (κ2) is 10.4. The molecule has 6 rings (SSSR count). The molecule has 0 bridgehead atoms. The summed E-state index contributed by atoms with van der Waals surface area (Å²) < 4.78 is 7.80. The summed E-state index contributed by atoms with van der Waals surface area (Å²) >= 11 is 6.24. The Morgan fingerprint density at radius 2 is 1.81 bits per heavy atom. The van der Waals surface area contributed by atoms with Crippen LogP contribution < -0.4 is 26.1 Å². The van der Waals surface area contributed by atoms with E-state index in [9.17, 15) is 0 Å². The van der Waals surface area contributed by atoms with Crippen LogP contribution in [0.4, 0.5) is 11.4 Å². The van der Waals surface area contributed by atoms with Crippen molar-refractivity contribution in [3.05, 3.63) is 75.8 Å². The molecule has 6 nitrogen and oxygen atoms in total. The molecule has 0 unspecified atom stereocenters. The minimum absolute atomic E-state index is 0.317. The molecule has 7 heteroatoms. The van der Waals surface area contributed by atoms with Gasteiger partial charge in [-0.15, -0.1) is 0 Å². The Kier molecular flexibility index (Phi) is 6.66. The van der Waals surface area contributed by atoms with Crippen LogP contribution in [0.2, 0.25) is 5.02 Å². The van der Waals surface area contributed by atoms with Crippen molar-refractivity contribution in [1.82, 2.24) is 14.5 Å². The van der Waals surface area contributed by atoms with Crippen LogP contribution in [0.15, 0.2) is 59.7 Å². The second-order valence-electron chi connectivity index (χ2n) is 9.64. The van der Waals surface area contributed by atoms with E-state index in [1.54, 1.807) is 13.3 Å². The normalized spacial score (nSPS) is 16.1. The highest BCUT2D eigenvalue weighted by molar-refractivity contribution is 6.30. The highest BCUT2D eigenvalue weighted by Crippen LogP contribution is 2.28. The van der Waals surface area contributed by atoms with Gasteiger partial charge in [0.25, 0.3) is 0 Å². The lowest BCUT2D eigenvalue weighted by atomic mass is 9.96. The molecule has 1 aromatic heterocycles. The summed E-state index contributed by atoms with van der Waals surface area (Å²) in [6.45, 7) is 0. The molecule has 2 aromatic rings. The summed E-state index contributed by atoms with van der Waals surface area (Å²) in [5.41, 5.74) is 4.67. The fourth-order valence-electron chi connectivity index (χ4n) is 5.33. The first-order valence-corrected chi connectivity index (χ1v) is 13.4. The Bertz CT molecular complexity index is 1590. The third kappa shape index (κ3) is 4.86. The summed E-state index contributed by atoms with van der Waals surface area (Å²) in [7, 11) is 1.64. The van der Waals surface area contributed by atoms with Crippen molar-refractivity contribution >= 4 is 35.1 Å². The number of nitrogens with zero attached hydrogens (tertiary/aromatic N) is 4. The zero-order valence-corrected chi connectivity index (χ0v) is 21.7. The molecule has 0 amide bonds. The number of ether oxygens (including phenoxy) is 1. The molecule has 37 heavy (non-hydrogen) atoms. The van der Waals surface area contributed by atoms with Gasteiger partial charge in [-0.2, -0.15) is 0 Å². The number of rotatable bonds is 5. The Hall–Kier alpha value is -3.64. The van der Waals surface area contributed by atoms with Gasteiger partial charge in [0.05, 0.1) is 46.3 Å². The standard InChI is InChI=1S/C30H30ClN5O/c1-37-30-24(11-7-17-32-30)35-25-18-27-29(19-26(25)33-21-8-3-2-4-9-21)36(22-15-13-20(31)14-16-22)28-12-6-5-10-23(28)34-27/h7,10-19,21,35H,2-6,8-9H2,1H3. The maximum Gasteiger partial charge on any atom is 0.237 e. The first kappa shape index (κ1) is 23.7. The Balaban J connectivity index is 1.62. The molecule has 1 aliphatic heterocycles. The summed E-state index contributed by atoms with van der Waals surface area (Å²) in [6, 6.07) is 16.5. The maximum atomic E-state index is 6.24. The molecule has 2 heterocycles. The number of halogens is 1. The number of benzene rings is 2. The third-order valence-corrected chi connectivity index (χ3v) is 7.39. The first-order chi connectivity index (χ1) is 18.2. The van der Waals surface area contributed by atoms with E-state index in [1.807, 2.05) is 24.3 Å². The quantitative estimate of drug-likeness (QED) is 0.391. The number of nitrogens with one attached hydrogen (secondary N) is 1. The Morgan fingerprint density at radius 3 is 2.62 bits per heavy atom. The van der Waals surface area contributed by atoms with Crippen LogP contribution in [-0.2, 0) is 0 Å². The van der Waals surface area contributed by atoms with E-state index in [0.29, 0.717) is 11.9 Å². The smallest absolute Gasteiger partial charge is 0.237 e. The third-order valence-electron chi connectivity index (χ3n) is 7.14. The van der Waals surface area contributed by atoms with Crippen LogP contribution in [0, 0.1) is 0 Å². The maximum absolute atomic E-state index is 6.24. The minimum atomic E-state index is 0.317. The molecule has 0 saturated heterocycles. The van der Waals surface area contributed by atoms with Gasteiger partial charge in [0, 0.05) is 16.9 Å². The van der Waals surface area contributed by atoms with Gasteiger partial charge in [0.2, 0.25) is 5.88 Å². The van der Waals surface area contributed by atoms with E-state index in [2.05, 4.69) is 51.3 Å². The van der Waals surface area contributed by atoms with Gasteiger partial charge in [0.1, 0.15) is 5.69 Å². The van der Waals surface area contributed by atoms with Crippen molar-refractivity contribution in [3.63, 3.8) is 0 Å². The number of aromatic nitrogens is 3. The monoisotopic (exact) mass is 511 g/mol. The van der Waals surface area contributed by atoms with E-state index in [1.165, 1.54) is 19.3 Å². The number of hydrogen-bond acceptors (Lipinski definition) is 5. The van der Waals surface area contributed by atoms with Gasteiger partial charge in [0.15, 0.2) is 0 Å². The van der Waals surface area contributed by atoms with Crippen LogP contribution >= 0.6 is 11.6 Å². The number of hydrogen-bond donors (Lipinski definition) is 1. The zero-order valence-electron chi connectivity index (χ0n) is 21.0. The van der Waals surface area contributed by atoms with Gasteiger partial charge in [-0.05, 0) is 74.2 Å². The van der Waals surface area contributed by atoms with Crippen LogP contribution in [-0.4, -0.2) is 27.7 Å². The lowest BCUT2D eigenvalue weighted by molar-refractivity contribution is 0.400. The van der Waals surface area contributed by atoms with Crippen molar-refractivity contribution < 1.29 is 4.74 Å². The average molecular weight is 512 g/mol. The van der Waals surface area contributed by atoms with E-state index in [-0.39, 0.29) is 0 Å². The van der Waals surface area contributed by atoms with Gasteiger partial charge in [-0.3, -0.25) is 4.99 Å². The number of methoxy groups -OCH3 is 1. The predicted octanol–water partition coefficient (Wildman–Crippen LogP) is 5.37. The molecule has 4 aliphatic rings. The minimum Gasteiger partial charge on any atom is -0.480 e. The average Bonchev–Trinajstić information content (AvgIpc) is 2.94. The van der Waals surface area contributed by atoms with Crippen LogP contribution in [0.25, 0.3) is 29.2 Å². The molecule has 1 saturated carbocycles. The number of fused-ring (bicyclic) bond motifs is 2. The molecule has 1 N–H and O–H groups in total. The van der Waals surface area contributed by atoms with Crippen LogP contribution in [0.1, 0.15) is 44.9 Å².